The van der Waals surface area contributed by atoms with Crippen LogP contribution in [-0.2, 0) is 6.61 Å². The third-order valence-electron chi connectivity index (χ3n) is 2.58. The van der Waals surface area contributed by atoms with Crippen LogP contribution in [0.15, 0.2) is 36.4 Å². The monoisotopic (exact) mass is 329 g/mol. The molecule has 2 nitrogen and oxygen atoms in total. The third kappa shape index (κ3) is 3.60. The van der Waals surface area contributed by atoms with E-state index in [1.807, 2.05) is 0 Å². The van der Waals surface area contributed by atoms with E-state index in [2.05, 4.69) is 0 Å². The standard InChI is InChI=1S/C14H10Cl2FNOS/c15-9-2-3-11(16)13(6-9)19-7-8-1-4-12(17)10(5-8)14(18)20/h1-6H,7H2,(H2,18,20). The Morgan fingerprint density at radius 3 is 2.65 bits per heavy atom. The molecular formula is C14H10Cl2FNOS. The molecule has 0 radical (unpaired) electrons. The number of rotatable bonds is 4. The molecule has 0 saturated heterocycles. The lowest BCUT2D eigenvalue weighted by Crippen LogP contribution is -2.12. The molecule has 0 aliphatic carbocycles. The van der Waals surface area contributed by atoms with Crippen molar-refractivity contribution in [2.24, 2.45) is 5.73 Å². The van der Waals surface area contributed by atoms with Crippen LogP contribution in [0.3, 0.4) is 0 Å². The van der Waals surface area contributed by atoms with Gasteiger partial charge in [0, 0.05) is 16.7 Å². The maximum atomic E-state index is 13.5. The predicted molar refractivity (Wildman–Crippen MR) is 83.1 cm³/mol. The number of thiocarbonyl (C=S) groups is 1. The van der Waals surface area contributed by atoms with Crippen molar-refractivity contribution in [2.45, 2.75) is 6.61 Å². The van der Waals surface area contributed by atoms with Crippen LogP contribution in [0.25, 0.3) is 0 Å². The average Bonchev–Trinajstić information content (AvgIpc) is 2.41. The van der Waals surface area contributed by atoms with E-state index in [4.69, 9.17) is 45.9 Å². The van der Waals surface area contributed by atoms with Gasteiger partial charge in [0.1, 0.15) is 23.2 Å². The van der Waals surface area contributed by atoms with Crippen molar-refractivity contribution >= 4 is 40.4 Å². The lowest BCUT2D eigenvalue weighted by Gasteiger charge is -2.10. The Balaban J connectivity index is 2.17. The molecule has 0 aliphatic heterocycles. The van der Waals surface area contributed by atoms with Crippen molar-refractivity contribution in [3.63, 3.8) is 0 Å². The van der Waals surface area contributed by atoms with Gasteiger partial charge in [-0.25, -0.2) is 4.39 Å². The van der Waals surface area contributed by atoms with E-state index in [0.29, 0.717) is 15.8 Å². The molecule has 0 unspecified atom stereocenters. The molecule has 0 aliphatic rings. The summed E-state index contributed by atoms with van der Waals surface area (Å²) in [5.41, 5.74) is 6.37. The Bertz CT molecular complexity index is 664. The summed E-state index contributed by atoms with van der Waals surface area (Å²) in [6.45, 7) is 0.204. The number of ether oxygens (including phenoxy) is 1. The van der Waals surface area contributed by atoms with Gasteiger partial charge in [-0.15, -0.1) is 0 Å². The lowest BCUT2D eigenvalue weighted by atomic mass is 10.1. The zero-order chi connectivity index (χ0) is 14.7. The smallest absolute Gasteiger partial charge is 0.139 e. The summed E-state index contributed by atoms with van der Waals surface area (Å²) in [4.78, 5) is 0.00476. The van der Waals surface area contributed by atoms with Crippen LogP contribution >= 0.6 is 35.4 Å². The predicted octanol–water partition coefficient (Wildman–Crippen LogP) is 4.35. The van der Waals surface area contributed by atoms with Crippen LogP contribution in [0.1, 0.15) is 11.1 Å². The second-order valence-corrected chi connectivity index (χ2v) is 5.33. The molecule has 0 bridgehead atoms. The molecule has 0 fully saturated rings. The first kappa shape index (κ1) is 15.0. The van der Waals surface area contributed by atoms with Gasteiger partial charge in [-0.1, -0.05) is 41.5 Å². The van der Waals surface area contributed by atoms with Crippen LogP contribution in [0.4, 0.5) is 4.39 Å². The van der Waals surface area contributed by atoms with Gasteiger partial charge in [-0.2, -0.15) is 0 Å². The number of hydrogen-bond donors (Lipinski definition) is 1. The molecule has 20 heavy (non-hydrogen) atoms. The van der Waals surface area contributed by atoms with Gasteiger partial charge in [0.05, 0.1) is 5.02 Å². The first-order chi connectivity index (χ1) is 9.47. The zero-order valence-electron chi connectivity index (χ0n) is 10.2. The fourth-order valence-corrected chi connectivity index (χ4v) is 2.09. The van der Waals surface area contributed by atoms with Crippen molar-refractivity contribution in [1.29, 1.82) is 0 Å². The molecule has 0 heterocycles. The second-order valence-electron chi connectivity index (χ2n) is 4.04. The number of hydrogen-bond acceptors (Lipinski definition) is 2. The summed E-state index contributed by atoms with van der Waals surface area (Å²) in [7, 11) is 0. The number of halogens is 3. The number of nitrogens with two attached hydrogens (primary N) is 1. The highest BCUT2D eigenvalue weighted by Gasteiger charge is 2.08. The molecule has 2 aromatic rings. The van der Waals surface area contributed by atoms with Gasteiger partial charge in [-0.3, -0.25) is 0 Å². The number of benzene rings is 2. The summed E-state index contributed by atoms with van der Waals surface area (Å²) < 4.78 is 19.0. The molecule has 2 N–H and O–H groups in total. The van der Waals surface area contributed by atoms with E-state index in [1.165, 1.54) is 6.07 Å². The Hall–Kier alpha value is -1.36. The summed E-state index contributed by atoms with van der Waals surface area (Å²) in [6, 6.07) is 9.37. The first-order valence-corrected chi connectivity index (χ1v) is 6.80. The van der Waals surface area contributed by atoms with E-state index in [9.17, 15) is 4.39 Å². The molecule has 0 saturated carbocycles. The van der Waals surface area contributed by atoms with Crippen LogP contribution in [0.2, 0.25) is 10.0 Å². The van der Waals surface area contributed by atoms with Crippen LogP contribution in [-0.4, -0.2) is 4.99 Å². The average molecular weight is 330 g/mol. The molecule has 0 atom stereocenters. The van der Waals surface area contributed by atoms with Crippen LogP contribution in [0.5, 0.6) is 5.75 Å². The van der Waals surface area contributed by atoms with E-state index < -0.39 is 5.82 Å². The first-order valence-electron chi connectivity index (χ1n) is 5.63. The Kier molecular flexibility index (Phi) is 4.81. The minimum absolute atomic E-state index is 0.00476. The van der Waals surface area contributed by atoms with Crippen molar-refractivity contribution in [1.82, 2.24) is 0 Å². The lowest BCUT2D eigenvalue weighted by molar-refractivity contribution is 0.306. The summed E-state index contributed by atoms with van der Waals surface area (Å²) in [5.74, 6) is 0.00223. The fourth-order valence-electron chi connectivity index (χ4n) is 1.60. The second kappa shape index (κ2) is 6.39. The minimum atomic E-state index is -0.456. The van der Waals surface area contributed by atoms with Gasteiger partial charge in [0.15, 0.2) is 0 Å². The van der Waals surface area contributed by atoms with Crippen molar-refractivity contribution < 1.29 is 9.13 Å². The van der Waals surface area contributed by atoms with Crippen molar-refractivity contribution in [3.8, 4) is 5.75 Å². The van der Waals surface area contributed by atoms with Crippen LogP contribution < -0.4 is 10.5 Å². The zero-order valence-corrected chi connectivity index (χ0v) is 12.5. The van der Waals surface area contributed by atoms with Crippen molar-refractivity contribution in [2.75, 3.05) is 0 Å². The van der Waals surface area contributed by atoms with E-state index in [-0.39, 0.29) is 17.2 Å². The summed E-state index contributed by atoms with van der Waals surface area (Å²) >= 11 is 16.6. The van der Waals surface area contributed by atoms with Gasteiger partial charge in [-0.05, 0) is 29.8 Å². The van der Waals surface area contributed by atoms with Gasteiger partial charge < -0.3 is 10.5 Å². The molecule has 0 amide bonds. The van der Waals surface area contributed by atoms with Gasteiger partial charge >= 0.3 is 0 Å². The maximum absolute atomic E-state index is 13.5. The van der Waals surface area contributed by atoms with Gasteiger partial charge in [0.2, 0.25) is 0 Å². The molecule has 0 aromatic heterocycles. The Morgan fingerprint density at radius 2 is 1.95 bits per heavy atom. The molecule has 2 aromatic carbocycles. The highest BCUT2D eigenvalue weighted by molar-refractivity contribution is 7.80. The normalized spacial score (nSPS) is 10.3. The molecule has 2 rings (SSSR count). The molecule has 0 spiro atoms. The van der Waals surface area contributed by atoms with Gasteiger partial charge in [0.25, 0.3) is 0 Å². The van der Waals surface area contributed by atoms with E-state index in [0.717, 1.165) is 5.56 Å². The minimum Gasteiger partial charge on any atom is -0.487 e. The third-order valence-corrected chi connectivity index (χ3v) is 3.35. The highest BCUT2D eigenvalue weighted by Crippen LogP contribution is 2.28. The summed E-state index contributed by atoms with van der Waals surface area (Å²) in [5, 5.41) is 0.971. The van der Waals surface area contributed by atoms with Crippen LogP contribution in [0, 0.1) is 5.82 Å². The SMILES string of the molecule is NC(=S)c1cc(COc2cc(Cl)ccc2Cl)ccc1F. The van der Waals surface area contributed by atoms with E-state index >= 15 is 0 Å². The van der Waals surface area contributed by atoms with E-state index in [1.54, 1.807) is 30.3 Å². The molecular weight excluding hydrogens is 320 g/mol. The topological polar surface area (TPSA) is 35.2 Å². The fraction of sp³-hybridized carbons (Fsp3) is 0.0714. The largest absolute Gasteiger partial charge is 0.487 e. The molecule has 6 heteroatoms. The van der Waals surface area contributed by atoms with Crippen molar-refractivity contribution in [3.05, 3.63) is 63.4 Å². The highest BCUT2D eigenvalue weighted by atomic mass is 35.5. The Labute approximate surface area is 131 Å². The Morgan fingerprint density at radius 1 is 1.20 bits per heavy atom. The maximum Gasteiger partial charge on any atom is 0.139 e. The summed E-state index contributed by atoms with van der Waals surface area (Å²) in [6.07, 6.45) is 0. The quantitative estimate of drug-likeness (QED) is 0.847. The molecule has 104 valence electrons.